The summed E-state index contributed by atoms with van der Waals surface area (Å²) in [5, 5.41) is 1.40. The van der Waals surface area contributed by atoms with Crippen molar-refractivity contribution in [1.82, 2.24) is 4.72 Å². The minimum Gasteiger partial charge on any atom is -0.465 e. The smallest absolute Gasteiger partial charge is 0.328 e. The molecular weight excluding hydrogens is 350 g/mol. The van der Waals surface area contributed by atoms with Gasteiger partial charge in [-0.2, -0.15) is 4.72 Å². The van der Waals surface area contributed by atoms with Gasteiger partial charge in [0.25, 0.3) is 0 Å². The molecule has 134 valence electrons. The zero-order valence-electron chi connectivity index (χ0n) is 14.3. The summed E-state index contributed by atoms with van der Waals surface area (Å²) in [5.41, 5.74) is 0.523. The molecule has 0 aliphatic heterocycles. The van der Waals surface area contributed by atoms with Crippen LogP contribution in [0.5, 0.6) is 0 Å². The van der Waals surface area contributed by atoms with E-state index in [0.29, 0.717) is 10.9 Å². The molecule has 0 aliphatic carbocycles. The molecule has 3 aromatic carbocycles. The molecule has 0 spiro atoms. The van der Waals surface area contributed by atoms with Crippen LogP contribution in [-0.2, 0) is 19.6 Å². The molecule has 6 heteroatoms. The lowest BCUT2D eigenvalue weighted by Gasteiger charge is -2.18. The molecule has 0 amide bonds. The standard InChI is InChI=1S/C20H19NO4S/c1-2-25-20(22)19(16-10-4-3-5-11-16)21-26(23,24)18-14-8-12-15-9-6-7-13-17(15)18/h3-14,19,21H,2H2,1H3. The van der Waals surface area contributed by atoms with E-state index in [1.807, 2.05) is 18.2 Å². The number of carbonyl (C=O) groups excluding carboxylic acids is 1. The molecule has 3 aromatic rings. The monoisotopic (exact) mass is 369 g/mol. The van der Waals surface area contributed by atoms with Crippen molar-refractivity contribution in [2.75, 3.05) is 6.61 Å². The van der Waals surface area contributed by atoms with Crippen LogP contribution < -0.4 is 4.72 Å². The Hall–Kier alpha value is -2.70. The van der Waals surface area contributed by atoms with Gasteiger partial charge in [0.15, 0.2) is 0 Å². The van der Waals surface area contributed by atoms with Gasteiger partial charge in [-0.1, -0.05) is 66.7 Å². The summed E-state index contributed by atoms with van der Waals surface area (Å²) in [6, 6.07) is 19.8. The van der Waals surface area contributed by atoms with Crippen molar-refractivity contribution in [3.8, 4) is 0 Å². The van der Waals surface area contributed by atoms with Crippen molar-refractivity contribution in [2.45, 2.75) is 17.9 Å². The van der Waals surface area contributed by atoms with E-state index in [9.17, 15) is 13.2 Å². The van der Waals surface area contributed by atoms with Crippen LogP contribution in [-0.4, -0.2) is 21.0 Å². The lowest BCUT2D eigenvalue weighted by molar-refractivity contribution is -0.145. The van der Waals surface area contributed by atoms with Crippen molar-refractivity contribution in [1.29, 1.82) is 0 Å². The number of fused-ring (bicyclic) bond motifs is 1. The van der Waals surface area contributed by atoms with Gasteiger partial charge < -0.3 is 4.74 Å². The Morgan fingerprint density at radius 2 is 1.62 bits per heavy atom. The molecule has 0 aromatic heterocycles. The summed E-state index contributed by atoms with van der Waals surface area (Å²) in [7, 11) is -3.95. The third-order valence-electron chi connectivity index (χ3n) is 3.97. The van der Waals surface area contributed by atoms with Gasteiger partial charge in [0.2, 0.25) is 10.0 Å². The van der Waals surface area contributed by atoms with Gasteiger partial charge in [0.1, 0.15) is 6.04 Å². The van der Waals surface area contributed by atoms with Crippen molar-refractivity contribution < 1.29 is 17.9 Å². The minimum atomic E-state index is -3.95. The van der Waals surface area contributed by atoms with E-state index in [-0.39, 0.29) is 11.5 Å². The lowest BCUT2D eigenvalue weighted by atomic mass is 10.1. The Morgan fingerprint density at radius 1 is 0.962 bits per heavy atom. The number of carbonyl (C=O) groups is 1. The van der Waals surface area contributed by atoms with Crippen LogP contribution in [0.25, 0.3) is 10.8 Å². The number of benzene rings is 3. The third kappa shape index (κ3) is 3.76. The maximum atomic E-state index is 13.0. The molecule has 0 fully saturated rings. The lowest BCUT2D eigenvalue weighted by Crippen LogP contribution is -2.35. The molecule has 0 aliphatic rings. The zero-order chi connectivity index (χ0) is 18.6. The van der Waals surface area contributed by atoms with Gasteiger partial charge in [0, 0.05) is 5.39 Å². The molecule has 0 heterocycles. The highest BCUT2D eigenvalue weighted by Crippen LogP contribution is 2.25. The first-order valence-electron chi connectivity index (χ1n) is 8.24. The van der Waals surface area contributed by atoms with Crippen molar-refractivity contribution >= 4 is 26.8 Å². The quantitative estimate of drug-likeness (QED) is 0.676. The van der Waals surface area contributed by atoms with E-state index in [2.05, 4.69) is 4.72 Å². The van der Waals surface area contributed by atoms with Crippen LogP contribution in [0.3, 0.4) is 0 Å². The average Bonchev–Trinajstić information content (AvgIpc) is 2.66. The molecule has 1 N–H and O–H groups in total. The number of ether oxygens (including phenoxy) is 1. The number of hydrogen-bond acceptors (Lipinski definition) is 4. The molecule has 1 unspecified atom stereocenters. The highest BCUT2D eigenvalue weighted by molar-refractivity contribution is 7.89. The number of nitrogens with one attached hydrogen (secondary N) is 1. The fourth-order valence-corrected chi connectivity index (χ4v) is 4.17. The average molecular weight is 369 g/mol. The number of hydrogen-bond donors (Lipinski definition) is 1. The highest BCUT2D eigenvalue weighted by Gasteiger charge is 2.29. The van der Waals surface area contributed by atoms with Gasteiger partial charge in [-0.25, -0.2) is 13.2 Å². The molecule has 0 saturated carbocycles. The Labute approximate surface area is 152 Å². The van der Waals surface area contributed by atoms with Crippen LogP contribution in [0.2, 0.25) is 0 Å². The van der Waals surface area contributed by atoms with E-state index in [1.165, 1.54) is 6.07 Å². The van der Waals surface area contributed by atoms with Crippen molar-refractivity contribution in [3.05, 3.63) is 78.4 Å². The molecule has 26 heavy (non-hydrogen) atoms. The second-order valence-electron chi connectivity index (χ2n) is 5.69. The van der Waals surface area contributed by atoms with Crippen molar-refractivity contribution in [3.63, 3.8) is 0 Å². The summed E-state index contributed by atoms with van der Waals surface area (Å²) in [6.45, 7) is 1.84. The molecule has 1 atom stereocenters. The predicted molar refractivity (Wildman–Crippen MR) is 100 cm³/mol. The van der Waals surface area contributed by atoms with E-state index in [1.54, 1.807) is 55.5 Å². The van der Waals surface area contributed by atoms with Crippen molar-refractivity contribution in [2.24, 2.45) is 0 Å². The van der Waals surface area contributed by atoms with Crippen LogP contribution in [0.1, 0.15) is 18.5 Å². The first-order chi connectivity index (χ1) is 12.5. The minimum absolute atomic E-state index is 0.126. The first kappa shape index (κ1) is 18.1. The number of esters is 1. The summed E-state index contributed by atoms with van der Waals surface area (Å²) in [6.07, 6.45) is 0. The second-order valence-corrected chi connectivity index (χ2v) is 7.38. The van der Waals surface area contributed by atoms with Crippen LogP contribution in [0, 0.1) is 0 Å². The van der Waals surface area contributed by atoms with Gasteiger partial charge in [0.05, 0.1) is 11.5 Å². The highest BCUT2D eigenvalue weighted by atomic mass is 32.2. The Morgan fingerprint density at radius 3 is 2.35 bits per heavy atom. The Balaban J connectivity index is 2.03. The third-order valence-corrected chi connectivity index (χ3v) is 5.45. The largest absolute Gasteiger partial charge is 0.465 e. The van der Waals surface area contributed by atoms with E-state index in [4.69, 9.17) is 4.74 Å². The van der Waals surface area contributed by atoms with Gasteiger partial charge in [-0.15, -0.1) is 0 Å². The Kier molecular flexibility index (Phi) is 5.35. The Bertz CT molecular complexity index is 1010. The zero-order valence-corrected chi connectivity index (χ0v) is 15.1. The molecule has 0 saturated heterocycles. The summed E-state index contributed by atoms with van der Waals surface area (Å²) >= 11 is 0. The summed E-state index contributed by atoms with van der Waals surface area (Å²) < 4.78 is 33.6. The molecule has 3 rings (SSSR count). The fourth-order valence-electron chi connectivity index (χ4n) is 2.77. The molecule has 5 nitrogen and oxygen atoms in total. The summed E-state index contributed by atoms with van der Waals surface area (Å²) in [4.78, 5) is 12.5. The topological polar surface area (TPSA) is 72.5 Å². The van der Waals surface area contributed by atoms with E-state index < -0.39 is 22.0 Å². The van der Waals surface area contributed by atoms with E-state index >= 15 is 0 Å². The van der Waals surface area contributed by atoms with Gasteiger partial charge >= 0.3 is 5.97 Å². The normalized spacial score (nSPS) is 12.7. The number of sulfonamides is 1. The van der Waals surface area contributed by atoms with Gasteiger partial charge in [-0.05, 0) is 23.9 Å². The first-order valence-corrected chi connectivity index (χ1v) is 9.73. The maximum Gasteiger partial charge on any atom is 0.328 e. The van der Waals surface area contributed by atoms with Crippen LogP contribution >= 0.6 is 0 Å². The SMILES string of the molecule is CCOC(=O)C(NS(=O)(=O)c1cccc2ccccc12)c1ccccc1. The summed E-state index contributed by atoms with van der Waals surface area (Å²) in [5.74, 6) is -0.637. The second kappa shape index (κ2) is 7.68. The number of rotatable bonds is 6. The maximum absolute atomic E-state index is 13.0. The molecule has 0 bridgehead atoms. The van der Waals surface area contributed by atoms with Gasteiger partial charge in [-0.3, -0.25) is 0 Å². The molecular formula is C20H19NO4S. The van der Waals surface area contributed by atoms with Crippen LogP contribution in [0.4, 0.5) is 0 Å². The van der Waals surface area contributed by atoms with Crippen LogP contribution in [0.15, 0.2) is 77.7 Å². The molecule has 0 radical (unpaired) electrons. The fraction of sp³-hybridized carbons (Fsp3) is 0.150. The van der Waals surface area contributed by atoms with E-state index in [0.717, 1.165) is 5.39 Å². The predicted octanol–water partition coefficient (Wildman–Crippen LogP) is 3.42.